The zero-order valence-corrected chi connectivity index (χ0v) is 12.5. The SMILES string of the molecule is COc1ccc2ccnc(OCCC3CCCNC3)c2c1. The van der Waals surface area contributed by atoms with Crippen LogP contribution in [0.5, 0.6) is 11.6 Å². The average Bonchev–Trinajstić information content (AvgIpc) is 2.55. The summed E-state index contributed by atoms with van der Waals surface area (Å²) < 4.78 is 11.2. The van der Waals surface area contributed by atoms with Crippen LogP contribution in [0.2, 0.25) is 0 Å². The van der Waals surface area contributed by atoms with Crippen molar-refractivity contribution in [3.05, 3.63) is 30.5 Å². The standard InChI is InChI=1S/C17H22N2O2/c1-20-15-5-4-14-6-9-19-17(16(14)11-15)21-10-7-13-3-2-8-18-12-13/h4-6,9,11,13,18H,2-3,7-8,10,12H2,1H3. The number of aromatic nitrogens is 1. The van der Waals surface area contributed by atoms with Gasteiger partial charge in [-0.25, -0.2) is 4.98 Å². The quantitative estimate of drug-likeness (QED) is 0.917. The van der Waals surface area contributed by atoms with E-state index >= 15 is 0 Å². The minimum absolute atomic E-state index is 0.704. The lowest BCUT2D eigenvalue weighted by Gasteiger charge is -2.22. The predicted octanol–water partition coefficient (Wildman–Crippen LogP) is 3.01. The molecule has 4 nitrogen and oxygen atoms in total. The summed E-state index contributed by atoms with van der Waals surface area (Å²) in [4.78, 5) is 4.37. The molecule has 0 aliphatic carbocycles. The smallest absolute Gasteiger partial charge is 0.221 e. The molecular formula is C17H22N2O2. The second-order valence-electron chi connectivity index (χ2n) is 5.55. The van der Waals surface area contributed by atoms with E-state index < -0.39 is 0 Å². The highest BCUT2D eigenvalue weighted by Crippen LogP contribution is 2.27. The highest BCUT2D eigenvalue weighted by atomic mass is 16.5. The number of methoxy groups -OCH3 is 1. The van der Waals surface area contributed by atoms with E-state index in [0.29, 0.717) is 5.88 Å². The van der Waals surface area contributed by atoms with Crippen molar-refractivity contribution in [2.75, 3.05) is 26.8 Å². The number of nitrogens with one attached hydrogen (secondary N) is 1. The van der Waals surface area contributed by atoms with Crippen molar-refractivity contribution in [2.45, 2.75) is 19.3 Å². The molecule has 0 bridgehead atoms. The number of hydrogen-bond acceptors (Lipinski definition) is 4. The molecule has 1 aromatic carbocycles. The van der Waals surface area contributed by atoms with Crippen LogP contribution in [0.3, 0.4) is 0 Å². The maximum atomic E-state index is 5.93. The van der Waals surface area contributed by atoms with Crippen molar-refractivity contribution < 1.29 is 9.47 Å². The highest BCUT2D eigenvalue weighted by Gasteiger charge is 2.13. The number of nitrogens with zero attached hydrogens (tertiary/aromatic N) is 1. The third-order valence-corrected chi connectivity index (χ3v) is 4.10. The molecule has 1 unspecified atom stereocenters. The van der Waals surface area contributed by atoms with Gasteiger partial charge >= 0.3 is 0 Å². The molecular weight excluding hydrogens is 264 g/mol. The van der Waals surface area contributed by atoms with E-state index in [0.717, 1.165) is 48.6 Å². The fourth-order valence-corrected chi connectivity index (χ4v) is 2.86. The molecule has 112 valence electrons. The van der Waals surface area contributed by atoms with E-state index in [4.69, 9.17) is 9.47 Å². The van der Waals surface area contributed by atoms with Gasteiger partial charge in [-0.1, -0.05) is 6.07 Å². The van der Waals surface area contributed by atoms with Crippen LogP contribution in [-0.4, -0.2) is 31.8 Å². The van der Waals surface area contributed by atoms with Gasteiger partial charge in [0.15, 0.2) is 0 Å². The molecule has 3 rings (SSSR count). The summed E-state index contributed by atoms with van der Waals surface area (Å²) in [6, 6.07) is 7.97. The molecule has 0 radical (unpaired) electrons. The first kappa shape index (κ1) is 14.1. The van der Waals surface area contributed by atoms with Gasteiger partial charge in [-0.15, -0.1) is 0 Å². The number of rotatable bonds is 5. The number of benzene rings is 1. The van der Waals surface area contributed by atoms with Crippen LogP contribution >= 0.6 is 0 Å². The molecule has 1 aromatic heterocycles. The molecule has 2 aromatic rings. The van der Waals surface area contributed by atoms with Crippen LogP contribution in [0.4, 0.5) is 0 Å². The lowest BCUT2D eigenvalue weighted by Crippen LogP contribution is -2.30. The van der Waals surface area contributed by atoms with Crippen LogP contribution in [0.1, 0.15) is 19.3 Å². The van der Waals surface area contributed by atoms with Gasteiger partial charge < -0.3 is 14.8 Å². The predicted molar refractivity (Wildman–Crippen MR) is 84.0 cm³/mol. The van der Waals surface area contributed by atoms with Crippen molar-refractivity contribution in [3.8, 4) is 11.6 Å². The van der Waals surface area contributed by atoms with Crippen LogP contribution < -0.4 is 14.8 Å². The molecule has 4 heteroatoms. The monoisotopic (exact) mass is 286 g/mol. The van der Waals surface area contributed by atoms with E-state index in [1.165, 1.54) is 12.8 Å². The van der Waals surface area contributed by atoms with Crippen molar-refractivity contribution in [2.24, 2.45) is 5.92 Å². The average molecular weight is 286 g/mol. The van der Waals surface area contributed by atoms with Crippen molar-refractivity contribution in [1.82, 2.24) is 10.3 Å². The number of ether oxygens (including phenoxy) is 2. The minimum Gasteiger partial charge on any atom is -0.497 e. The fraction of sp³-hybridized carbons (Fsp3) is 0.471. The Morgan fingerprint density at radius 3 is 3.10 bits per heavy atom. The van der Waals surface area contributed by atoms with Crippen LogP contribution in [0.15, 0.2) is 30.5 Å². The Balaban J connectivity index is 1.68. The zero-order valence-electron chi connectivity index (χ0n) is 12.5. The molecule has 1 fully saturated rings. The first-order valence-corrected chi connectivity index (χ1v) is 7.63. The summed E-state index contributed by atoms with van der Waals surface area (Å²) in [5, 5.41) is 5.58. The molecule has 0 saturated carbocycles. The van der Waals surface area contributed by atoms with Gasteiger partial charge in [0.05, 0.1) is 13.7 Å². The summed E-state index contributed by atoms with van der Waals surface area (Å²) in [5.74, 6) is 2.26. The second-order valence-corrected chi connectivity index (χ2v) is 5.55. The Hall–Kier alpha value is -1.81. The van der Waals surface area contributed by atoms with E-state index in [1.54, 1.807) is 13.3 Å². The first-order chi connectivity index (χ1) is 10.4. The van der Waals surface area contributed by atoms with E-state index in [1.807, 2.05) is 24.3 Å². The Morgan fingerprint density at radius 1 is 1.33 bits per heavy atom. The van der Waals surface area contributed by atoms with Crippen molar-refractivity contribution in [3.63, 3.8) is 0 Å². The number of piperidine rings is 1. The highest BCUT2D eigenvalue weighted by molar-refractivity contribution is 5.87. The number of pyridine rings is 1. The Kier molecular flexibility index (Phi) is 4.55. The molecule has 1 saturated heterocycles. The number of hydrogen-bond donors (Lipinski definition) is 1. The molecule has 0 spiro atoms. The normalized spacial score (nSPS) is 18.6. The third-order valence-electron chi connectivity index (χ3n) is 4.10. The first-order valence-electron chi connectivity index (χ1n) is 7.63. The molecule has 0 amide bonds. The third kappa shape index (κ3) is 3.45. The lowest BCUT2D eigenvalue weighted by molar-refractivity contribution is 0.250. The maximum absolute atomic E-state index is 5.93. The van der Waals surface area contributed by atoms with Crippen LogP contribution in [0, 0.1) is 5.92 Å². The second kappa shape index (κ2) is 6.76. The molecule has 1 aliphatic heterocycles. The van der Waals surface area contributed by atoms with Crippen LogP contribution in [-0.2, 0) is 0 Å². The molecule has 2 heterocycles. The largest absolute Gasteiger partial charge is 0.497 e. The van der Waals surface area contributed by atoms with Gasteiger partial charge in [0.1, 0.15) is 5.75 Å². The molecule has 21 heavy (non-hydrogen) atoms. The van der Waals surface area contributed by atoms with Gasteiger partial charge in [0.2, 0.25) is 5.88 Å². The van der Waals surface area contributed by atoms with E-state index in [-0.39, 0.29) is 0 Å². The number of fused-ring (bicyclic) bond motifs is 1. The van der Waals surface area contributed by atoms with Gasteiger partial charge in [0.25, 0.3) is 0 Å². The summed E-state index contributed by atoms with van der Waals surface area (Å²) >= 11 is 0. The topological polar surface area (TPSA) is 43.4 Å². The van der Waals surface area contributed by atoms with Crippen molar-refractivity contribution in [1.29, 1.82) is 0 Å². The minimum atomic E-state index is 0.704. The molecule has 1 N–H and O–H groups in total. The Morgan fingerprint density at radius 2 is 2.29 bits per heavy atom. The zero-order chi connectivity index (χ0) is 14.5. The fourth-order valence-electron chi connectivity index (χ4n) is 2.86. The van der Waals surface area contributed by atoms with Gasteiger partial charge in [0, 0.05) is 11.6 Å². The van der Waals surface area contributed by atoms with E-state index in [2.05, 4.69) is 10.3 Å². The van der Waals surface area contributed by atoms with E-state index in [9.17, 15) is 0 Å². The lowest BCUT2D eigenvalue weighted by atomic mass is 9.97. The summed E-state index contributed by atoms with van der Waals surface area (Å²) in [7, 11) is 1.67. The van der Waals surface area contributed by atoms with Crippen molar-refractivity contribution >= 4 is 10.8 Å². The Bertz CT molecular complexity index is 594. The molecule has 1 aliphatic rings. The summed E-state index contributed by atoms with van der Waals surface area (Å²) in [6.45, 7) is 2.98. The maximum Gasteiger partial charge on any atom is 0.221 e. The van der Waals surface area contributed by atoms with Crippen LogP contribution in [0.25, 0.3) is 10.8 Å². The van der Waals surface area contributed by atoms with Gasteiger partial charge in [-0.3, -0.25) is 0 Å². The Labute approximate surface area is 125 Å². The summed E-state index contributed by atoms with van der Waals surface area (Å²) in [6.07, 6.45) is 5.45. The van der Waals surface area contributed by atoms with Gasteiger partial charge in [-0.05, 0) is 61.9 Å². The molecule has 1 atom stereocenters. The van der Waals surface area contributed by atoms with Gasteiger partial charge in [-0.2, -0.15) is 0 Å². The summed E-state index contributed by atoms with van der Waals surface area (Å²) in [5.41, 5.74) is 0.